The van der Waals surface area contributed by atoms with Gasteiger partial charge in [-0.15, -0.1) is 0 Å². The lowest BCUT2D eigenvalue weighted by atomic mass is 9.81. The van der Waals surface area contributed by atoms with E-state index in [0.717, 1.165) is 26.0 Å². The molecule has 1 aliphatic rings. The molecule has 0 amide bonds. The number of ether oxygens (including phenoxy) is 1. The van der Waals surface area contributed by atoms with E-state index >= 15 is 0 Å². The van der Waals surface area contributed by atoms with Crippen LogP contribution >= 0.6 is 0 Å². The normalized spacial score (nSPS) is 27.9. The predicted molar refractivity (Wildman–Crippen MR) is 55.9 cm³/mol. The number of hydrogen-bond donors (Lipinski definition) is 1. The summed E-state index contributed by atoms with van der Waals surface area (Å²) in [4.78, 5) is 0. The van der Waals surface area contributed by atoms with E-state index in [2.05, 4.69) is 33.0 Å². The highest BCUT2D eigenvalue weighted by Gasteiger charge is 2.40. The van der Waals surface area contributed by atoms with E-state index < -0.39 is 0 Å². The Kier molecular flexibility index (Phi) is 3.74. The molecule has 78 valence electrons. The molecule has 0 bridgehead atoms. The Hall–Kier alpha value is -0.0800. The van der Waals surface area contributed by atoms with Crippen molar-refractivity contribution in [3.63, 3.8) is 0 Å². The quantitative estimate of drug-likeness (QED) is 0.727. The Bertz CT molecular complexity index is 152. The highest BCUT2D eigenvalue weighted by molar-refractivity contribution is 4.95. The van der Waals surface area contributed by atoms with Gasteiger partial charge in [0.15, 0.2) is 0 Å². The zero-order valence-corrected chi connectivity index (χ0v) is 9.39. The summed E-state index contributed by atoms with van der Waals surface area (Å²) in [5.41, 5.74) is 0.0897. The van der Waals surface area contributed by atoms with Gasteiger partial charge in [0.1, 0.15) is 0 Å². The van der Waals surface area contributed by atoms with Gasteiger partial charge in [0.05, 0.1) is 12.2 Å². The van der Waals surface area contributed by atoms with Crippen molar-refractivity contribution < 1.29 is 4.74 Å². The Morgan fingerprint density at radius 2 is 2.00 bits per heavy atom. The van der Waals surface area contributed by atoms with E-state index in [1.165, 1.54) is 0 Å². The Balaban J connectivity index is 2.75. The monoisotopic (exact) mass is 185 g/mol. The molecule has 1 saturated heterocycles. The first-order valence-corrected chi connectivity index (χ1v) is 5.53. The molecule has 2 nitrogen and oxygen atoms in total. The summed E-state index contributed by atoms with van der Waals surface area (Å²) in [5, 5.41) is 3.59. The maximum Gasteiger partial charge on any atom is 0.0832 e. The fourth-order valence-corrected chi connectivity index (χ4v) is 2.48. The molecule has 1 atom stereocenters. The SMILES string of the molecule is CCC1(CC)OCCNC1C(C)C. The van der Waals surface area contributed by atoms with Crippen molar-refractivity contribution in [3.05, 3.63) is 0 Å². The van der Waals surface area contributed by atoms with Crippen LogP contribution in [0.25, 0.3) is 0 Å². The fraction of sp³-hybridized carbons (Fsp3) is 1.00. The molecule has 0 spiro atoms. The summed E-state index contributed by atoms with van der Waals surface area (Å²) in [7, 11) is 0. The van der Waals surface area contributed by atoms with Gasteiger partial charge >= 0.3 is 0 Å². The molecule has 0 aromatic carbocycles. The summed E-state index contributed by atoms with van der Waals surface area (Å²) in [6.45, 7) is 10.9. The van der Waals surface area contributed by atoms with Gasteiger partial charge in [-0.3, -0.25) is 0 Å². The van der Waals surface area contributed by atoms with Crippen LogP contribution in [0.5, 0.6) is 0 Å². The third-order valence-corrected chi connectivity index (χ3v) is 3.29. The minimum absolute atomic E-state index is 0.0897. The molecule has 1 N–H and O–H groups in total. The standard InChI is InChI=1S/C11H23NO/c1-5-11(6-2)10(9(3)4)12-7-8-13-11/h9-10,12H,5-8H2,1-4H3. The predicted octanol–water partition coefficient (Wildman–Crippen LogP) is 2.19. The van der Waals surface area contributed by atoms with Crippen molar-refractivity contribution >= 4 is 0 Å². The molecule has 1 fully saturated rings. The molecular formula is C11H23NO. The lowest BCUT2D eigenvalue weighted by molar-refractivity contribution is -0.112. The van der Waals surface area contributed by atoms with Crippen LogP contribution in [0.1, 0.15) is 40.5 Å². The molecule has 1 aliphatic heterocycles. The van der Waals surface area contributed by atoms with Crippen molar-refractivity contribution in [3.8, 4) is 0 Å². The first-order chi connectivity index (χ1) is 6.16. The van der Waals surface area contributed by atoms with Gasteiger partial charge in [0.2, 0.25) is 0 Å². The first kappa shape index (κ1) is 11.0. The van der Waals surface area contributed by atoms with Crippen molar-refractivity contribution in [2.45, 2.75) is 52.2 Å². The highest BCUT2D eigenvalue weighted by Crippen LogP contribution is 2.31. The van der Waals surface area contributed by atoms with Crippen LogP contribution in [0.4, 0.5) is 0 Å². The zero-order chi connectivity index (χ0) is 9.90. The van der Waals surface area contributed by atoms with E-state index in [4.69, 9.17) is 4.74 Å². The molecule has 0 saturated carbocycles. The molecule has 1 rings (SSSR count). The van der Waals surface area contributed by atoms with Crippen LogP contribution < -0.4 is 5.32 Å². The summed E-state index contributed by atoms with van der Waals surface area (Å²) < 4.78 is 5.98. The van der Waals surface area contributed by atoms with Gasteiger partial charge < -0.3 is 10.1 Å². The highest BCUT2D eigenvalue weighted by atomic mass is 16.5. The van der Waals surface area contributed by atoms with Crippen molar-refractivity contribution in [2.75, 3.05) is 13.2 Å². The minimum Gasteiger partial charge on any atom is -0.372 e. The second-order valence-corrected chi connectivity index (χ2v) is 4.30. The smallest absolute Gasteiger partial charge is 0.0832 e. The lowest BCUT2D eigenvalue weighted by Gasteiger charge is -2.45. The Morgan fingerprint density at radius 3 is 2.38 bits per heavy atom. The van der Waals surface area contributed by atoms with Crippen molar-refractivity contribution in [2.24, 2.45) is 5.92 Å². The maximum absolute atomic E-state index is 5.98. The number of hydrogen-bond acceptors (Lipinski definition) is 2. The first-order valence-electron chi connectivity index (χ1n) is 5.53. The third-order valence-electron chi connectivity index (χ3n) is 3.29. The van der Waals surface area contributed by atoms with Gasteiger partial charge in [-0.1, -0.05) is 27.7 Å². The molecule has 2 heteroatoms. The number of rotatable bonds is 3. The minimum atomic E-state index is 0.0897. The van der Waals surface area contributed by atoms with Crippen LogP contribution in [-0.2, 0) is 4.74 Å². The largest absolute Gasteiger partial charge is 0.372 e. The fourth-order valence-electron chi connectivity index (χ4n) is 2.48. The second kappa shape index (κ2) is 4.43. The van der Waals surface area contributed by atoms with Crippen LogP contribution in [0.2, 0.25) is 0 Å². The molecule has 0 aromatic rings. The number of morpholine rings is 1. The van der Waals surface area contributed by atoms with E-state index in [1.807, 2.05) is 0 Å². The Labute approximate surface area is 82.0 Å². The average molecular weight is 185 g/mol. The van der Waals surface area contributed by atoms with Gasteiger partial charge in [0, 0.05) is 12.6 Å². The molecule has 0 aliphatic carbocycles. The van der Waals surface area contributed by atoms with E-state index in [0.29, 0.717) is 12.0 Å². The van der Waals surface area contributed by atoms with Crippen LogP contribution in [0.3, 0.4) is 0 Å². The molecule has 13 heavy (non-hydrogen) atoms. The third kappa shape index (κ3) is 2.05. The summed E-state index contributed by atoms with van der Waals surface area (Å²) in [6.07, 6.45) is 2.22. The lowest BCUT2D eigenvalue weighted by Crippen LogP contribution is -2.59. The van der Waals surface area contributed by atoms with Crippen molar-refractivity contribution in [1.82, 2.24) is 5.32 Å². The van der Waals surface area contributed by atoms with E-state index in [-0.39, 0.29) is 5.60 Å². The summed E-state index contributed by atoms with van der Waals surface area (Å²) in [5.74, 6) is 0.653. The van der Waals surface area contributed by atoms with Gasteiger partial charge in [-0.25, -0.2) is 0 Å². The van der Waals surface area contributed by atoms with E-state index in [9.17, 15) is 0 Å². The summed E-state index contributed by atoms with van der Waals surface area (Å²) >= 11 is 0. The van der Waals surface area contributed by atoms with Crippen molar-refractivity contribution in [1.29, 1.82) is 0 Å². The molecule has 1 heterocycles. The van der Waals surface area contributed by atoms with Gasteiger partial charge in [-0.2, -0.15) is 0 Å². The molecule has 0 aromatic heterocycles. The van der Waals surface area contributed by atoms with Crippen LogP contribution in [0.15, 0.2) is 0 Å². The van der Waals surface area contributed by atoms with Gasteiger partial charge in [-0.05, 0) is 18.8 Å². The average Bonchev–Trinajstić information content (AvgIpc) is 2.17. The second-order valence-electron chi connectivity index (χ2n) is 4.30. The Morgan fingerprint density at radius 1 is 1.38 bits per heavy atom. The van der Waals surface area contributed by atoms with Crippen LogP contribution in [-0.4, -0.2) is 24.8 Å². The number of nitrogens with one attached hydrogen (secondary N) is 1. The van der Waals surface area contributed by atoms with Gasteiger partial charge in [0.25, 0.3) is 0 Å². The van der Waals surface area contributed by atoms with E-state index in [1.54, 1.807) is 0 Å². The maximum atomic E-state index is 5.98. The zero-order valence-electron chi connectivity index (χ0n) is 9.39. The molecule has 0 radical (unpaired) electrons. The molecular weight excluding hydrogens is 162 g/mol. The van der Waals surface area contributed by atoms with Crippen LogP contribution in [0, 0.1) is 5.92 Å². The summed E-state index contributed by atoms with van der Waals surface area (Å²) in [6, 6.07) is 0.524. The topological polar surface area (TPSA) is 21.3 Å². The molecule has 1 unspecified atom stereocenters.